The number of carbonyl (C=O) groups excluding carboxylic acids is 1. The molecule has 4 nitrogen and oxygen atoms in total. The second-order valence-electron chi connectivity index (χ2n) is 5.09. The van der Waals surface area contributed by atoms with Crippen LogP contribution in [0.3, 0.4) is 0 Å². The zero-order valence-corrected chi connectivity index (χ0v) is 12.5. The fourth-order valence-corrected chi connectivity index (χ4v) is 2.85. The van der Waals surface area contributed by atoms with Gasteiger partial charge in [0.1, 0.15) is 0 Å². The van der Waals surface area contributed by atoms with Crippen molar-refractivity contribution in [1.82, 2.24) is 9.97 Å². The standard InChI is InChI=1S/C16H15ClN2O2/c1-21-15(20)14-9-13(18-16(17)19-14)12-7-6-10-4-2-3-5-11(10)8-12/h6-9H,2-5H2,1H3. The fourth-order valence-electron chi connectivity index (χ4n) is 2.67. The van der Waals surface area contributed by atoms with E-state index in [-0.39, 0.29) is 11.0 Å². The predicted octanol–water partition coefficient (Wildman–Crippen LogP) is 3.46. The van der Waals surface area contributed by atoms with E-state index in [1.165, 1.54) is 31.1 Å². The summed E-state index contributed by atoms with van der Waals surface area (Å²) in [5, 5.41) is 0.0469. The summed E-state index contributed by atoms with van der Waals surface area (Å²) < 4.78 is 4.68. The van der Waals surface area contributed by atoms with Gasteiger partial charge in [-0.15, -0.1) is 0 Å². The first-order valence-electron chi connectivity index (χ1n) is 6.92. The molecule has 1 heterocycles. The van der Waals surface area contributed by atoms with E-state index in [0.717, 1.165) is 18.4 Å². The highest BCUT2D eigenvalue weighted by molar-refractivity contribution is 6.28. The fraction of sp³-hybridized carbons (Fsp3) is 0.312. The minimum absolute atomic E-state index is 0.0469. The van der Waals surface area contributed by atoms with Crippen molar-refractivity contribution in [2.75, 3.05) is 7.11 Å². The van der Waals surface area contributed by atoms with Crippen LogP contribution in [0.25, 0.3) is 11.3 Å². The first-order chi connectivity index (χ1) is 10.2. The van der Waals surface area contributed by atoms with E-state index in [2.05, 4.69) is 26.8 Å². The van der Waals surface area contributed by atoms with Crippen LogP contribution in [0.1, 0.15) is 34.5 Å². The van der Waals surface area contributed by atoms with Crippen molar-refractivity contribution >= 4 is 17.6 Å². The number of methoxy groups -OCH3 is 1. The second-order valence-corrected chi connectivity index (χ2v) is 5.43. The molecular formula is C16H15ClN2O2. The van der Waals surface area contributed by atoms with Crippen LogP contribution in [0.4, 0.5) is 0 Å². The number of aromatic nitrogens is 2. The molecule has 0 aliphatic heterocycles. The highest BCUT2D eigenvalue weighted by Gasteiger charge is 2.14. The molecule has 0 N–H and O–H groups in total. The lowest BCUT2D eigenvalue weighted by molar-refractivity contribution is 0.0594. The number of hydrogen-bond donors (Lipinski definition) is 0. The molecule has 0 unspecified atom stereocenters. The molecule has 1 aromatic heterocycles. The summed E-state index contributed by atoms with van der Waals surface area (Å²) >= 11 is 5.91. The smallest absolute Gasteiger partial charge is 0.356 e. The SMILES string of the molecule is COC(=O)c1cc(-c2ccc3c(c2)CCCC3)nc(Cl)n1. The van der Waals surface area contributed by atoms with Gasteiger partial charge in [0.15, 0.2) is 5.69 Å². The Morgan fingerprint density at radius 3 is 2.67 bits per heavy atom. The van der Waals surface area contributed by atoms with E-state index in [9.17, 15) is 4.79 Å². The number of ether oxygens (including phenoxy) is 1. The topological polar surface area (TPSA) is 52.1 Å². The van der Waals surface area contributed by atoms with Gasteiger partial charge in [0.25, 0.3) is 0 Å². The number of nitrogens with zero attached hydrogens (tertiary/aromatic N) is 2. The minimum atomic E-state index is -0.515. The lowest BCUT2D eigenvalue weighted by Crippen LogP contribution is -2.06. The molecule has 2 aromatic rings. The molecule has 0 radical (unpaired) electrons. The van der Waals surface area contributed by atoms with Gasteiger partial charge in [-0.2, -0.15) is 0 Å². The summed E-state index contributed by atoms with van der Waals surface area (Å²) in [5.41, 5.74) is 4.52. The minimum Gasteiger partial charge on any atom is -0.464 e. The van der Waals surface area contributed by atoms with Crippen molar-refractivity contribution in [2.24, 2.45) is 0 Å². The molecule has 0 amide bonds. The Balaban J connectivity index is 2.03. The van der Waals surface area contributed by atoms with Crippen molar-refractivity contribution in [3.8, 4) is 11.3 Å². The monoisotopic (exact) mass is 302 g/mol. The molecule has 0 spiro atoms. The Morgan fingerprint density at radius 2 is 1.90 bits per heavy atom. The Morgan fingerprint density at radius 1 is 1.14 bits per heavy atom. The van der Waals surface area contributed by atoms with Crippen LogP contribution < -0.4 is 0 Å². The normalized spacial score (nSPS) is 13.6. The van der Waals surface area contributed by atoms with E-state index in [0.29, 0.717) is 5.69 Å². The molecular weight excluding hydrogens is 288 g/mol. The van der Waals surface area contributed by atoms with Crippen molar-refractivity contribution in [3.63, 3.8) is 0 Å². The number of fused-ring (bicyclic) bond motifs is 1. The van der Waals surface area contributed by atoms with Gasteiger partial charge in [0.2, 0.25) is 5.28 Å². The molecule has 0 fully saturated rings. The first-order valence-corrected chi connectivity index (χ1v) is 7.30. The summed E-state index contributed by atoms with van der Waals surface area (Å²) in [6.07, 6.45) is 4.69. The number of benzene rings is 1. The van der Waals surface area contributed by atoms with E-state index < -0.39 is 5.97 Å². The van der Waals surface area contributed by atoms with Crippen LogP contribution in [-0.4, -0.2) is 23.0 Å². The summed E-state index contributed by atoms with van der Waals surface area (Å²) in [5.74, 6) is -0.515. The van der Waals surface area contributed by atoms with Crippen molar-refractivity contribution < 1.29 is 9.53 Å². The van der Waals surface area contributed by atoms with Crippen LogP contribution in [0, 0.1) is 0 Å². The molecule has 3 rings (SSSR count). The third-order valence-electron chi connectivity index (χ3n) is 3.74. The maximum Gasteiger partial charge on any atom is 0.356 e. The Bertz CT molecular complexity index is 701. The van der Waals surface area contributed by atoms with Gasteiger partial charge in [0, 0.05) is 5.56 Å². The predicted molar refractivity (Wildman–Crippen MR) is 80.5 cm³/mol. The Labute approximate surface area is 128 Å². The molecule has 1 aromatic carbocycles. The zero-order valence-electron chi connectivity index (χ0n) is 11.7. The zero-order chi connectivity index (χ0) is 14.8. The van der Waals surface area contributed by atoms with E-state index in [1.54, 1.807) is 6.07 Å². The lowest BCUT2D eigenvalue weighted by Gasteiger charge is -2.16. The number of hydrogen-bond acceptors (Lipinski definition) is 4. The number of esters is 1. The Kier molecular flexibility index (Phi) is 3.88. The van der Waals surface area contributed by atoms with E-state index in [1.807, 2.05) is 6.07 Å². The van der Waals surface area contributed by atoms with Gasteiger partial charge in [-0.1, -0.05) is 12.1 Å². The highest BCUT2D eigenvalue weighted by Crippen LogP contribution is 2.27. The third kappa shape index (κ3) is 2.90. The summed E-state index contributed by atoms with van der Waals surface area (Å²) in [4.78, 5) is 19.7. The number of rotatable bonds is 2. The van der Waals surface area contributed by atoms with Gasteiger partial charge in [-0.25, -0.2) is 14.8 Å². The summed E-state index contributed by atoms with van der Waals surface area (Å²) in [7, 11) is 1.32. The average molecular weight is 303 g/mol. The van der Waals surface area contributed by atoms with Gasteiger partial charge in [-0.3, -0.25) is 0 Å². The number of halogens is 1. The maximum absolute atomic E-state index is 11.6. The Hall–Kier alpha value is -1.94. The van der Waals surface area contributed by atoms with Crippen LogP contribution in [0.2, 0.25) is 5.28 Å². The molecule has 0 atom stereocenters. The van der Waals surface area contributed by atoms with Crippen LogP contribution in [0.5, 0.6) is 0 Å². The molecule has 0 saturated carbocycles. The molecule has 21 heavy (non-hydrogen) atoms. The largest absolute Gasteiger partial charge is 0.464 e. The van der Waals surface area contributed by atoms with Crippen LogP contribution in [-0.2, 0) is 17.6 Å². The highest BCUT2D eigenvalue weighted by atomic mass is 35.5. The summed E-state index contributed by atoms with van der Waals surface area (Å²) in [6.45, 7) is 0. The van der Waals surface area contributed by atoms with Crippen LogP contribution >= 0.6 is 11.6 Å². The molecule has 1 aliphatic carbocycles. The van der Waals surface area contributed by atoms with Gasteiger partial charge in [0.05, 0.1) is 12.8 Å². The van der Waals surface area contributed by atoms with Crippen molar-refractivity contribution in [2.45, 2.75) is 25.7 Å². The van der Waals surface area contributed by atoms with Gasteiger partial charge < -0.3 is 4.74 Å². The first kappa shape index (κ1) is 14.0. The average Bonchev–Trinajstić information content (AvgIpc) is 2.53. The quantitative estimate of drug-likeness (QED) is 0.629. The molecule has 5 heteroatoms. The molecule has 108 valence electrons. The molecule has 1 aliphatic rings. The number of aryl methyl sites for hydroxylation is 2. The second kappa shape index (κ2) is 5.82. The lowest BCUT2D eigenvalue weighted by atomic mass is 9.90. The summed E-state index contributed by atoms with van der Waals surface area (Å²) in [6, 6.07) is 7.90. The van der Waals surface area contributed by atoms with Gasteiger partial charge >= 0.3 is 5.97 Å². The maximum atomic E-state index is 11.6. The van der Waals surface area contributed by atoms with Crippen LogP contribution in [0.15, 0.2) is 24.3 Å². The van der Waals surface area contributed by atoms with Crippen molar-refractivity contribution in [1.29, 1.82) is 0 Å². The van der Waals surface area contributed by atoms with Crippen molar-refractivity contribution in [3.05, 3.63) is 46.4 Å². The number of carbonyl (C=O) groups is 1. The van der Waals surface area contributed by atoms with Gasteiger partial charge in [-0.05, 0) is 60.5 Å². The third-order valence-corrected chi connectivity index (χ3v) is 3.91. The van der Waals surface area contributed by atoms with E-state index in [4.69, 9.17) is 11.6 Å². The van der Waals surface area contributed by atoms with E-state index >= 15 is 0 Å². The molecule has 0 bridgehead atoms. The molecule has 0 saturated heterocycles.